The van der Waals surface area contributed by atoms with Gasteiger partial charge in [-0.1, -0.05) is 48.5 Å². The Bertz CT molecular complexity index is 1020. The lowest BCUT2D eigenvalue weighted by Crippen LogP contribution is -2.33. The summed E-state index contributed by atoms with van der Waals surface area (Å²) in [6, 6.07) is 20.5. The molecule has 3 aromatic rings. The van der Waals surface area contributed by atoms with E-state index < -0.39 is 0 Å². The summed E-state index contributed by atoms with van der Waals surface area (Å²) in [5.74, 6) is -0.756. The molecule has 6 nitrogen and oxygen atoms in total. The molecule has 3 rings (SSSR count). The largest absolute Gasteiger partial charge is 0.347 e. The van der Waals surface area contributed by atoms with E-state index in [4.69, 9.17) is 0 Å². The van der Waals surface area contributed by atoms with E-state index in [-0.39, 0.29) is 30.7 Å². The Morgan fingerprint density at radius 2 is 1.46 bits per heavy atom. The van der Waals surface area contributed by atoms with Gasteiger partial charge in [0, 0.05) is 18.3 Å². The topological polar surface area (TPSA) is 87.3 Å². The van der Waals surface area contributed by atoms with E-state index in [1.165, 1.54) is 6.92 Å². The van der Waals surface area contributed by atoms with E-state index in [0.717, 1.165) is 16.3 Å². The minimum absolute atomic E-state index is 0.131. The molecule has 142 valence electrons. The van der Waals surface area contributed by atoms with Crippen LogP contribution < -0.4 is 16.0 Å². The van der Waals surface area contributed by atoms with Gasteiger partial charge in [0.05, 0.1) is 13.0 Å². The van der Waals surface area contributed by atoms with Gasteiger partial charge in [0.2, 0.25) is 17.7 Å². The van der Waals surface area contributed by atoms with Gasteiger partial charge in [-0.25, -0.2) is 0 Å². The van der Waals surface area contributed by atoms with Crippen LogP contribution in [0.3, 0.4) is 0 Å². The predicted octanol–water partition coefficient (Wildman–Crippen LogP) is 3.10. The number of rotatable bonds is 6. The SMILES string of the molecule is CC(=O)Nc1cccc(NC(=O)CNC(=O)Cc2cccc3ccccc23)c1. The number of anilines is 2. The number of carbonyl (C=O) groups excluding carboxylic acids is 3. The van der Waals surface area contributed by atoms with Crippen molar-refractivity contribution in [2.45, 2.75) is 13.3 Å². The molecule has 0 aliphatic rings. The molecule has 0 radical (unpaired) electrons. The summed E-state index contributed by atoms with van der Waals surface area (Å²) in [6.07, 6.45) is 0.201. The molecule has 0 bridgehead atoms. The van der Waals surface area contributed by atoms with E-state index >= 15 is 0 Å². The van der Waals surface area contributed by atoms with Crippen LogP contribution in [0.15, 0.2) is 66.7 Å². The first-order valence-corrected chi connectivity index (χ1v) is 8.92. The quantitative estimate of drug-likeness (QED) is 0.619. The minimum atomic E-state index is -0.341. The van der Waals surface area contributed by atoms with Crippen LogP contribution in [0.1, 0.15) is 12.5 Å². The second-order valence-electron chi connectivity index (χ2n) is 6.40. The Labute approximate surface area is 162 Å². The van der Waals surface area contributed by atoms with Gasteiger partial charge in [0.1, 0.15) is 0 Å². The third kappa shape index (κ3) is 5.17. The Kier molecular flexibility index (Phi) is 6.01. The zero-order chi connectivity index (χ0) is 19.9. The molecule has 0 spiro atoms. The highest BCUT2D eigenvalue weighted by molar-refractivity contribution is 5.96. The van der Waals surface area contributed by atoms with Crippen LogP contribution in [0.2, 0.25) is 0 Å². The van der Waals surface area contributed by atoms with Crippen LogP contribution in [-0.4, -0.2) is 24.3 Å². The van der Waals surface area contributed by atoms with Crippen LogP contribution in [0.25, 0.3) is 10.8 Å². The Hall–Kier alpha value is -3.67. The lowest BCUT2D eigenvalue weighted by molar-refractivity contribution is -0.123. The van der Waals surface area contributed by atoms with Gasteiger partial charge in [-0.2, -0.15) is 0 Å². The maximum atomic E-state index is 12.2. The highest BCUT2D eigenvalue weighted by atomic mass is 16.2. The van der Waals surface area contributed by atoms with Gasteiger partial charge in [-0.05, 0) is 34.5 Å². The van der Waals surface area contributed by atoms with Gasteiger partial charge >= 0.3 is 0 Å². The number of hydrogen-bond donors (Lipinski definition) is 3. The van der Waals surface area contributed by atoms with E-state index in [0.29, 0.717) is 11.4 Å². The van der Waals surface area contributed by atoms with Crippen molar-refractivity contribution < 1.29 is 14.4 Å². The second-order valence-corrected chi connectivity index (χ2v) is 6.40. The molecule has 3 aromatic carbocycles. The smallest absolute Gasteiger partial charge is 0.243 e. The van der Waals surface area contributed by atoms with Crippen molar-refractivity contribution in [3.63, 3.8) is 0 Å². The first kappa shape index (κ1) is 19.1. The van der Waals surface area contributed by atoms with Crippen molar-refractivity contribution in [2.75, 3.05) is 17.2 Å². The van der Waals surface area contributed by atoms with Crippen molar-refractivity contribution in [3.8, 4) is 0 Å². The fourth-order valence-electron chi connectivity index (χ4n) is 2.94. The molecule has 0 aliphatic carbocycles. The molecule has 0 fully saturated rings. The molecule has 0 unspecified atom stereocenters. The number of fused-ring (bicyclic) bond motifs is 1. The Balaban J connectivity index is 1.54. The van der Waals surface area contributed by atoms with Crippen LogP contribution in [-0.2, 0) is 20.8 Å². The summed E-state index contributed by atoms with van der Waals surface area (Å²) in [4.78, 5) is 35.5. The zero-order valence-corrected chi connectivity index (χ0v) is 15.5. The predicted molar refractivity (Wildman–Crippen MR) is 110 cm³/mol. The summed E-state index contributed by atoms with van der Waals surface area (Å²) in [5, 5.41) is 10.1. The molecule has 0 atom stereocenters. The van der Waals surface area contributed by atoms with E-state index in [9.17, 15) is 14.4 Å². The lowest BCUT2D eigenvalue weighted by atomic mass is 10.0. The van der Waals surface area contributed by atoms with Crippen LogP contribution in [0.5, 0.6) is 0 Å². The number of carbonyl (C=O) groups is 3. The average Bonchev–Trinajstić information content (AvgIpc) is 2.66. The maximum absolute atomic E-state index is 12.2. The molecule has 0 saturated carbocycles. The number of amides is 3. The third-order valence-corrected chi connectivity index (χ3v) is 4.14. The average molecular weight is 375 g/mol. The van der Waals surface area contributed by atoms with Crippen LogP contribution in [0.4, 0.5) is 11.4 Å². The van der Waals surface area contributed by atoms with Gasteiger partial charge in [0.15, 0.2) is 0 Å². The van der Waals surface area contributed by atoms with Crippen LogP contribution in [0, 0.1) is 0 Å². The lowest BCUT2D eigenvalue weighted by Gasteiger charge is -2.10. The highest BCUT2D eigenvalue weighted by Gasteiger charge is 2.09. The fraction of sp³-hybridized carbons (Fsp3) is 0.136. The Morgan fingerprint density at radius 3 is 2.25 bits per heavy atom. The van der Waals surface area contributed by atoms with Gasteiger partial charge in [-0.3, -0.25) is 14.4 Å². The van der Waals surface area contributed by atoms with Crippen molar-refractivity contribution in [1.29, 1.82) is 0 Å². The molecular formula is C22H21N3O3. The number of benzene rings is 3. The van der Waals surface area contributed by atoms with Crippen molar-refractivity contribution in [1.82, 2.24) is 5.32 Å². The standard InChI is InChI=1S/C22H21N3O3/c1-15(26)24-18-9-5-10-19(13-18)25-22(28)14-23-21(27)12-17-8-4-7-16-6-2-3-11-20(16)17/h2-11,13H,12,14H2,1H3,(H,23,27)(H,24,26)(H,25,28). The highest BCUT2D eigenvalue weighted by Crippen LogP contribution is 2.19. The summed E-state index contributed by atoms with van der Waals surface area (Å²) in [6.45, 7) is 1.28. The van der Waals surface area contributed by atoms with E-state index in [1.54, 1.807) is 24.3 Å². The van der Waals surface area contributed by atoms with Crippen molar-refractivity contribution in [3.05, 3.63) is 72.3 Å². The molecule has 3 N–H and O–H groups in total. The molecule has 0 aliphatic heterocycles. The monoisotopic (exact) mass is 375 g/mol. The number of nitrogens with one attached hydrogen (secondary N) is 3. The van der Waals surface area contributed by atoms with E-state index in [2.05, 4.69) is 16.0 Å². The van der Waals surface area contributed by atoms with Crippen molar-refractivity contribution >= 4 is 39.9 Å². The zero-order valence-electron chi connectivity index (χ0n) is 15.5. The summed E-state index contributed by atoms with van der Waals surface area (Å²) in [5.41, 5.74) is 2.05. The number of hydrogen-bond acceptors (Lipinski definition) is 3. The van der Waals surface area contributed by atoms with Gasteiger partial charge in [0.25, 0.3) is 0 Å². The fourth-order valence-corrected chi connectivity index (χ4v) is 2.94. The molecule has 0 heterocycles. The first-order valence-electron chi connectivity index (χ1n) is 8.92. The van der Waals surface area contributed by atoms with Crippen LogP contribution >= 0.6 is 0 Å². The molecule has 3 amide bonds. The minimum Gasteiger partial charge on any atom is -0.347 e. The van der Waals surface area contributed by atoms with Gasteiger partial charge < -0.3 is 16.0 Å². The van der Waals surface area contributed by atoms with Gasteiger partial charge in [-0.15, -0.1) is 0 Å². The third-order valence-electron chi connectivity index (χ3n) is 4.14. The summed E-state index contributed by atoms with van der Waals surface area (Å²) < 4.78 is 0. The molecular weight excluding hydrogens is 354 g/mol. The van der Waals surface area contributed by atoms with E-state index in [1.807, 2.05) is 42.5 Å². The maximum Gasteiger partial charge on any atom is 0.243 e. The summed E-state index contributed by atoms with van der Waals surface area (Å²) >= 11 is 0. The molecule has 6 heteroatoms. The molecule has 28 heavy (non-hydrogen) atoms. The second kappa shape index (κ2) is 8.81. The first-order chi connectivity index (χ1) is 13.5. The Morgan fingerprint density at radius 1 is 0.786 bits per heavy atom. The van der Waals surface area contributed by atoms with Crippen molar-refractivity contribution in [2.24, 2.45) is 0 Å². The normalized spacial score (nSPS) is 10.3. The summed E-state index contributed by atoms with van der Waals surface area (Å²) in [7, 11) is 0. The molecule has 0 aromatic heterocycles. The molecule has 0 saturated heterocycles.